The first-order valence-corrected chi connectivity index (χ1v) is 14.9. The number of hydrogen-bond acceptors (Lipinski definition) is 3. The molecule has 1 heterocycles. The predicted molar refractivity (Wildman–Crippen MR) is 149 cm³/mol. The van der Waals surface area contributed by atoms with Crippen LogP contribution in [0.15, 0.2) is 61.2 Å². The molecule has 3 rings (SSSR count). The van der Waals surface area contributed by atoms with E-state index in [0.717, 1.165) is 11.1 Å². The molecule has 2 aromatic rings. The lowest BCUT2D eigenvalue weighted by atomic mass is 9.67. The number of nitrogens with zero attached hydrogens (tertiary/aromatic N) is 2. The van der Waals surface area contributed by atoms with Crippen LogP contribution in [0.3, 0.4) is 0 Å². The number of amides is 1. The van der Waals surface area contributed by atoms with Gasteiger partial charge in [-0.15, -0.1) is 6.58 Å². The fourth-order valence-corrected chi connectivity index (χ4v) is 6.67. The Morgan fingerprint density at radius 3 is 2.33 bits per heavy atom. The van der Waals surface area contributed by atoms with Gasteiger partial charge >= 0.3 is 0 Å². The number of likely N-dealkylation sites (N-methyl/N-ethyl adjacent to an activating group) is 1. The second-order valence-corrected chi connectivity index (χ2v) is 12.8. The number of halogens is 2. The summed E-state index contributed by atoms with van der Waals surface area (Å²) >= 11 is 12.6. The maximum Gasteiger partial charge on any atom is 0.229 e. The highest BCUT2D eigenvalue weighted by Crippen LogP contribution is 2.52. The average molecular weight is 552 g/mol. The highest BCUT2D eigenvalue weighted by atomic mass is 35.5. The topological polar surface area (TPSA) is 57.7 Å². The van der Waals surface area contributed by atoms with Gasteiger partial charge in [-0.1, -0.05) is 74.3 Å². The molecule has 0 aliphatic carbocycles. The van der Waals surface area contributed by atoms with Crippen LogP contribution in [0.5, 0.6) is 0 Å². The number of piperidine rings is 1. The van der Waals surface area contributed by atoms with Gasteiger partial charge < -0.3 is 4.90 Å². The zero-order chi connectivity index (χ0) is 26.7. The van der Waals surface area contributed by atoms with Gasteiger partial charge in [-0.05, 0) is 54.7 Å². The van der Waals surface area contributed by atoms with E-state index >= 15 is 0 Å². The zero-order valence-electron chi connectivity index (χ0n) is 21.5. The summed E-state index contributed by atoms with van der Waals surface area (Å²) in [6.07, 6.45) is 4.75. The lowest BCUT2D eigenvalue weighted by Gasteiger charge is -2.52. The first-order chi connectivity index (χ1) is 16.9. The fraction of sp³-hybridized carbons (Fsp3) is 0.464. The van der Waals surface area contributed by atoms with E-state index in [1.54, 1.807) is 6.08 Å². The molecule has 1 aliphatic rings. The van der Waals surface area contributed by atoms with Gasteiger partial charge in [0.25, 0.3) is 0 Å². The van der Waals surface area contributed by atoms with E-state index in [0.29, 0.717) is 35.9 Å². The van der Waals surface area contributed by atoms with Gasteiger partial charge in [0.15, 0.2) is 0 Å². The third-order valence-corrected chi connectivity index (χ3v) is 9.12. The molecule has 4 atom stereocenters. The molecule has 0 saturated carbocycles. The molecule has 0 unspecified atom stereocenters. The molecular weight excluding hydrogens is 515 g/mol. The minimum atomic E-state index is -3.43. The van der Waals surface area contributed by atoms with Crippen LogP contribution in [0.4, 0.5) is 0 Å². The summed E-state index contributed by atoms with van der Waals surface area (Å²) in [5.74, 6) is -0.0492. The van der Waals surface area contributed by atoms with E-state index in [1.165, 1.54) is 10.6 Å². The normalized spacial score (nSPS) is 23.6. The molecule has 0 radical (unpaired) electrons. The van der Waals surface area contributed by atoms with E-state index in [-0.39, 0.29) is 30.5 Å². The standard InChI is InChI=1S/C28H36Cl2N2O3S/c1-6-16-28(4)18-25(21-10-9-11-23(30)17-21)26(20-12-14-22(29)15-13-20)32(27(28)33)24(7-2)19-31(8-3)36(5,34)35/h6,9-15,17,24-26H,1,7-8,16,18-19H2,2-5H3/t24-,25+,26+,28-/m0/s1. The Morgan fingerprint density at radius 1 is 1.14 bits per heavy atom. The summed E-state index contributed by atoms with van der Waals surface area (Å²) in [7, 11) is -3.43. The van der Waals surface area contributed by atoms with Crippen molar-refractivity contribution in [1.29, 1.82) is 0 Å². The van der Waals surface area contributed by atoms with Gasteiger partial charge in [-0.3, -0.25) is 4.79 Å². The van der Waals surface area contributed by atoms with Crippen LogP contribution in [0, 0.1) is 5.41 Å². The van der Waals surface area contributed by atoms with E-state index < -0.39 is 15.4 Å². The Balaban J connectivity index is 2.23. The number of rotatable bonds is 10. The largest absolute Gasteiger partial charge is 0.330 e. The molecule has 0 bridgehead atoms. The van der Waals surface area contributed by atoms with Crippen molar-refractivity contribution < 1.29 is 13.2 Å². The van der Waals surface area contributed by atoms with Crippen molar-refractivity contribution in [2.45, 2.75) is 58.0 Å². The Labute approximate surface area is 226 Å². The molecule has 1 aliphatic heterocycles. The van der Waals surface area contributed by atoms with Crippen LogP contribution in [-0.2, 0) is 14.8 Å². The van der Waals surface area contributed by atoms with Crippen molar-refractivity contribution in [2.75, 3.05) is 19.3 Å². The molecule has 1 saturated heterocycles. The highest BCUT2D eigenvalue weighted by molar-refractivity contribution is 7.88. The Morgan fingerprint density at radius 2 is 1.81 bits per heavy atom. The molecule has 8 heteroatoms. The monoisotopic (exact) mass is 550 g/mol. The molecule has 1 fully saturated rings. The van der Waals surface area contributed by atoms with Gasteiger partial charge in [-0.25, -0.2) is 12.7 Å². The molecule has 2 aromatic carbocycles. The minimum Gasteiger partial charge on any atom is -0.330 e. The molecule has 36 heavy (non-hydrogen) atoms. The van der Waals surface area contributed by atoms with Crippen molar-refractivity contribution in [3.63, 3.8) is 0 Å². The number of benzene rings is 2. The van der Waals surface area contributed by atoms with E-state index in [4.69, 9.17) is 23.2 Å². The molecule has 1 amide bonds. The van der Waals surface area contributed by atoms with Crippen molar-refractivity contribution in [3.8, 4) is 0 Å². The Kier molecular flexibility index (Phi) is 9.31. The van der Waals surface area contributed by atoms with Gasteiger partial charge in [0, 0.05) is 35.1 Å². The third-order valence-electron chi connectivity index (χ3n) is 7.29. The van der Waals surface area contributed by atoms with Crippen molar-refractivity contribution in [2.24, 2.45) is 5.41 Å². The highest BCUT2D eigenvalue weighted by Gasteiger charge is 2.51. The van der Waals surface area contributed by atoms with Crippen LogP contribution < -0.4 is 0 Å². The fourth-order valence-electron chi connectivity index (χ4n) is 5.44. The number of allylic oxidation sites excluding steroid dienone is 1. The summed E-state index contributed by atoms with van der Waals surface area (Å²) < 4.78 is 26.4. The lowest BCUT2D eigenvalue weighted by molar-refractivity contribution is -0.154. The third kappa shape index (κ3) is 6.16. The molecule has 0 aromatic heterocycles. The van der Waals surface area contributed by atoms with Gasteiger partial charge in [0.05, 0.1) is 17.7 Å². The molecule has 196 valence electrons. The second-order valence-electron chi connectivity index (χ2n) is 9.90. The lowest BCUT2D eigenvalue weighted by Crippen LogP contribution is -2.58. The second kappa shape index (κ2) is 11.7. The van der Waals surface area contributed by atoms with Crippen LogP contribution in [0.2, 0.25) is 10.0 Å². The maximum absolute atomic E-state index is 14.3. The van der Waals surface area contributed by atoms with Crippen LogP contribution in [0.1, 0.15) is 63.1 Å². The number of sulfonamides is 1. The summed E-state index contributed by atoms with van der Waals surface area (Å²) in [6, 6.07) is 14.8. The molecule has 0 N–H and O–H groups in total. The van der Waals surface area contributed by atoms with Crippen molar-refractivity contribution in [1.82, 2.24) is 9.21 Å². The van der Waals surface area contributed by atoms with E-state index in [9.17, 15) is 13.2 Å². The number of carbonyl (C=O) groups is 1. The van der Waals surface area contributed by atoms with Crippen molar-refractivity contribution in [3.05, 3.63) is 82.4 Å². The van der Waals surface area contributed by atoms with Crippen LogP contribution in [-0.4, -0.2) is 48.9 Å². The summed E-state index contributed by atoms with van der Waals surface area (Å²) in [6.45, 7) is 10.3. The molecule has 0 spiro atoms. The van der Waals surface area contributed by atoms with E-state index in [2.05, 4.69) is 12.6 Å². The van der Waals surface area contributed by atoms with Gasteiger partial charge in [0.1, 0.15) is 0 Å². The number of hydrogen-bond donors (Lipinski definition) is 0. The summed E-state index contributed by atoms with van der Waals surface area (Å²) in [5, 5.41) is 1.25. The molecule has 5 nitrogen and oxygen atoms in total. The predicted octanol–water partition coefficient (Wildman–Crippen LogP) is 6.69. The average Bonchev–Trinajstić information content (AvgIpc) is 2.82. The van der Waals surface area contributed by atoms with Crippen molar-refractivity contribution >= 4 is 39.1 Å². The minimum absolute atomic E-state index is 0.0111. The first-order valence-electron chi connectivity index (χ1n) is 12.3. The summed E-state index contributed by atoms with van der Waals surface area (Å²) in [4.78, 5) is 16.2. The molecular formula is C28H36Cl2N2O3S. The summed E-state index contributed by atoms with van der Waals surface area (Å²) in [5.41, 5.74) is 1.31. The maximum atomic E-state index is 14.3. The van der Waals surface area contributed by atoms with E-state index in [1.807, 2.05) is 68.1 Å². The SMILES string of the molecule is C=CC[C@@]1(C)C[C@H](c2cccc(Cl)c2)[C@@H](c2ccc(Cl)cc2)N([C@@H](CC)CN(CC)S(C)(=O)=O)C1=O. The first kappa shape index (κ1) is 28.7. The zero-order valence-corrected chi connectivity index (χ0v) is 23.8. The van der Waals surface area contributed by atoms with Gasteiger partial charge in [-0.2, -0.15) is 0 Å². The van der Waals surface area contributed by atoms with Gasteiger partial charge in [0.2, 0.25) is 15.9 Å². The quantitative estimate of drug-likeness (QED) is 0.309. The Bertz CT molecular complexity index is 1190. The Hall–Kier alpha value is -1.86. The number of carbonyl (C=O) groups excluding carboxylic acids is 1. The van der Waals surface area contributed by atoms with Crippen LogP contribution in [0.25, 0.3) is 0 Å². The van der Waals surface area contributed by atoms with Crippen LogP contribution >= 0.6 is 23.2 Å². The number of likely N-dealkylation sites (tertiary alicyclic amines) is 1. The smallest absolute Gasteiger partial charge is 0.229 e.